The molecule has 0 spiro atoms. The number of carbonyl (C=O) groups is 3. The Labute approximate surface area is 393 Å². The van der Waals surface area contributed by atoms with Crippen LogP contribution in [0.25, 0.3) is 33.4 Å². The van der Waals surface area contributed by atoms with E-state index in [2.05, 4.69) is 10.6 Å². The van der Waals surface area contributed by atoms with Crippen molar-refractivity contribution >= 4 is 34.4 Å². The van der Waals surface area contributed by atoms with Crippen LogP contribution in [0.2, 0.25) is 0 Å². The lowest BCUT2D eigenvalue weighted by molar-refractivity contribution is -0.359. The number of amides is 2. The number of rotatable bonds is 21. The molecule has 0 bridgehead atoms. The third kappa shape index (κ3) is 12.4. The highest BCUT2D eigenvalue weighted by molar-refractivity contribution is 6.09. The predicted octanol–water partition coefficient (Wildman–Crippen LogP) is 0.218. The number of carbonyl (C=O) groups excluding carboxylic acids is 2. The summed E-state index contributed by atoms with van der Waals surface area (Å²) in [6.45, 7) is -0.862. The Bertz CT molecular complexity index is 2390. The zero-order valence-electron chi connectivity index (χ0n) is 38.7. The van der Waals surface area contributed by atoms with E-state index in [1.165, 1.54) is 6.07 Å². The molecule has 20 heteroatoms. The molecule has 0 saturated carbocycles. The predicted molar refractivity (Wildman–Crippen MR) is 247 cm³/mol. The first-order valence-corrected chi connectivity index (χ1v) is 22.9. The number of aliphatic hydroxyl groups excluding tert-OH is 7. The molecule has 3 heterocycles. The van der Waals surface area contributed by atoms with Crippen molar-refractivity contribution in [2.45, 2.75) is 106 Å². The Morgan fingerprint density at radius 1 is 0.721 bits per heavy atom. The van der Waals surface area contributed by atoms with Crippen LogP contribution in [0.1, 0.15) is 65.7 Å². The van der Waals surface area contributed by atoms with Gasteiger partial charge in [0, 0.05) is 80.1 Å². The molecule has 6 rings (SSSR count). The molecule has 20 nitrogen and oxygen atoms in total. The van der Waals surface area contributed by atoms with Crippen LogP contribution in [-0.2, 0) is 23.7 Å². The van der Waals surface area contributed by atoms with Crippen LogP contribution in [0, 0.1) is 0 Å². The second-order valence-corrected chi connectivity index (χ2v) is 17.5. The number of ether oxygens (including phenoxy) is 4. The average Bonchev–Trinajstić information content (AvgIpc) is 3.32. The van der Waals surface area contributed by atoms with Gasteiger partial charge in [-0.3, -0.25) is 9.59 Å². The summed E-state index contributed by atoms with van der Waals surface area (Å²) in [4.78, 5) is 40.4. The van der Waals surface area contributed by atoms with Crippen molar-refractivity contribution in [3.63, 3.8) is 0 Å². The number of nitrogens with zero attached hydrogens (tertiary/aromatic N) is 2. The van der Waals surface area contributed by atoms with E-state index in [0.717, 1.165) is 47.7 Å². The number of hydrogen-bond donors (Lipinski definition) is 10. The molecule has 68 heavy (non-hydrogen) atoms. The van der Waals surface area contributed by atoms with E-state index in [9.17, 15) is 55.2 Å². The van der Waals surface area contributed by atoms with E-state index in [1.807, 2.05) is 74.1 Å². The second kappa shape index (κ2) is 24.0. The third-order valence-electron chi connectivity index (χ3n) is 12.3. The van der Waals surface area contributed by atoms with E-state index in [-0.39, 0.29) is 36.7 Å². The number of anilines is 1. The summed E-state index contributed by atoms with van der Waals surface area (Å²) in [6, 6.07) is 16.1. The van der Waals surface area contributed by atoms with Crippen LogP contribution in [0.15, 0.2) is 59.0 Å². The molecule has 2 aromatic carbocycles. The minimum absolute atomic E-state index is 0.0470. The summed E-state index contributed by atoms with van der Waals surface area (Å²) in [5.74, 6) is -1.26. The van der Waals surface area contributed by atoms with E-state index in [0.29, 0.717) is 41.7 Å². The van der Waals surface area contributed by atoms with Crippen LogP contribution < -0.4 is 25.5 Å². The molecule has 0 aromatic heterocycles. The van der Waals surface area contributed by atoms with Crippen molar-refractivity contribution in [1.29, 1.82) is 0 Å². The van der Waals surface area contributed by atoms with Crippen molar-refractivity contribution in [2.75, 3.05) is 66.0 Å². The Kier molecular flexibility index (Phi) is 18.4. The van der Waals surface area contributed by atoms with E-state index in [4.69, 9.17) is 23.4 Å². The summed E-state index contributed by atoms with van der Waals surface area (Å²) >= 11 is 0. The normalized spacial score (nSPS) is 25.0. The van der Waals surface area contributed by atoms with Gasteiger partial charge in [-0.15, -0.1) is 0 Å². The van der Waals surface area contributed by atoms with Gasteiger partial charge in [0.05, 0.1) is 24.8 Å². The van der Waals surface area contributed by atoms with Gasteiger partial charge in [0.15, 0.2) is 12.6 Å². The minimum atomic E-state index is -1.76. The van der Waals surface area contributed by atoms with E-state index < -0.39 is 86.5 Å². The van der Waals surface area contributed by atoms with Gasteiger partial charge in [-0.25, -0.2) is 9.37 Å². The number of nitrogens with one attached hydrogen (secondary N) is 2. The highest BCUT2D eigenvalue weighted by Crippen LogP contribution is 2.42. The summed E-state index contributed by atoms with van der Waals surface area (Å²) in [7, 11) is 7.70. The van der Waals surface area contributed by atoms with Crippen molar-refractivity contribution < 1.29 is 78.6 Å². The van der Waals surface area contributed by atoms with E-state index >= 15 is 0 Å². The quantitative estimate of drug-likeness (QED) is 0.0304. The fourth-order valence-corrected chi connectivity index (χ4v) is 8.35. The van der Waals surface area contributed by atoms with Gasteiger partial charge < -0.3 is 79.8 Å². The maximum absolute atomic E-state index is 13.2. The van der Waals surface area contributed by atoms with Crippen LogP contribution in [0.5, 0.6) is 0 Å². The topological polar surface area (TPSA) is 293 Å². The monoisotopic (exact) mass is 953 g/mol. The molecule has 2 aromatic rings. The number of carboxylic acids is 1. The number of unbranched alkanes of at least 4 members (excludes halogenated alkanes) is 5. The van der Waals surface area contributed by atoms with Crippen molar-refractivity contribution in [3.05, 3.63) is 71.1 Å². The Morgan fingerprint density at radius 3 is 2.07 bits per heavy atom. The van der Waals surface area contributed by atoms with Gasteiger partial charge in [0.25, 0.3) is 5.91 Å². The van der Waals surface area contributed by atoms with Gasteiger partial charge in [-0.2, -0.15) is 0 Å². The van der Waals surface area contributed by atoms with Crippen LogP contribution >= 0.6 is 0 Å². The molecule has 0 unspecified atom stereocenters. The lowest BCUT2D eigenvalue weighted by atomic mass is 9.89. The molecule has 3 aliphatic heterocycles. The summed E-state index contributed by atoms with van der Waals surface area (Å²) in [5, 5.41) is 88.8. The van der Waals surface area contributed by atoms with Gasteiger partial charge in [0.1, 0.15) is 74.3 Å². The smallest absolute Gasteiger partial charge is 0.336 e. The average molecular weight is 954 g/mol. The zero-order chi connectivity index (χ0) is 49.2. The second-order valence-electron chi connectivity index (χ2n) is 17.5. The molecule has 2 amide bonds. The highest BCUT2D eigenvalue weighted by atomic mass is 16.7. The Hall–Kier alpha value is -5.10. The SMILES string of the molecule is CN(C)c1ccc2c(-c3ccc(C(=O)NCCNC(=O)CCCCCCCCO[C@@H]4O[C@H](CO)[C@@H](O[C@@H]5O[C@H](CO)[C@H](O)[C@H](O)[C@H]5O)[C@H](O)[C@H]4O)cc3C(=O)O)c3ccc(=[N+](C)C)cc-3oc2c1. The third-order valence-corrected chi connectivity index (χ3v) is 12.3. The molecule has 2 fully saturated rings. The number of benzene rings is 3. The summed E-state index contributed by atoms with van der Waals surface area (Å²) < 4.78 is 30.5. The van der Waals surface area contributed by atoms with Crippen LogP contribution in [0.4, 0.5) is 5.69 Å². The number of hydrogen-bond acceptors (Lipinski definition) is 16. The lowest BCUT2D eigenvalue weighted by Crippen LogP contribution is -2.64. The largest absolute Gasteiger partial charge is 0.478 e. The molecule has 10 N–H and O–H groups in total. The molecule has 1 aliphatic carbocycles. The van der Waals surface area contributed by atoms with Gasteiger partial charge in [0.2, 0.25) is 11.3 Å². The molecule has 2 saturated heterocycles. The molecular weight excluding hydrogens is 889 g/mol. The summed E-state index contributed by atoms with van der Waals surface area (Å²) in [6.07, 6.45) is -10.3. The van der Waals surface area contributed by atoms with Gasteiger partial charge in [-0.1, -0.05) is 31.7 Å². The van der Waals surface area contributed by atoms with Crippen LogP contribution in [0.3, 0.4) is 0 Å². The fraction of sp³-hybridized carbons (Fsp3) is 0.542. The maximum atomic E-state index is 13.2. The number of aromatic carboxylic acids is 1. The first kappa shape index (κ1) is 52.3. The molecule has 4 aliphatic rings. The first-order valence-electron chi connectivity index (χ1n) is 22.9. The van der Waals surface area contributed by atoms with Crippen LogP contribution in [-0.4, -0.2) is 181 Å². The van der Waals surface area contributed by atoms with Crippen molar-refractivity contribution in [2.24, 2.45) is 0 Å². The number of aliphatic hydroxyl groups is 7. The standard InChI is InChI=1S/C48H64N4O16/c1-51(2)27-13-16-30-33(22-27)65-34-23-28(52(3)4)14-17-31(34)38(30)29-15-12-26(21-32(29)46(62)63)45(61)50-19-18-49-37(55)11-9-7-5-6-8-10-20-64-47-43(60)41(58)44(36(25-54)67-47)68-48-42(59)40(57)39(56)35(24-53)66-48/h12-17,21-23,35-36,39-44,47-48,53-54,56-60H,5-11,18-20,24-25H2,1-4H3,(H2-,49,50,55,61,62,63)/p+1/t35-,36-,39+,40+,41-,42-,43-,44-,47-,48+/m1/s1. The Morgan fingerprint density at radius 2 is 1.38 bits per heavy atom. The van der Waals surface area contributed by atoms with Gasteiger partial charge >= 0.3 is 5.97 Å². The minimum Gasteiger partial charge on any atom is -0.478 e. The van der Waals surface area contributed by atoms with E-state index in [1.54, 1.807) is 12.1 Å². The molecule has 0 radical (unpaired) electrons. The number of carboxylic acid groups (broad SMARTS) is 1. The molecule has 372 valence electrons. The van der Waals surface area contributed by atoms with Gasteiger partial charge in [-0.05, 0) is 48.7 Å². The molecule has 10 atom stereocenters. The Balaban J connectivity index is 0.899. The van der Waals surface area contributed by atoms with Crippen molar-refractivity contribution in [3.8, 4) is 22.5 Å². The lowest BCUT2D eigenvalue weighted by Gasteiger charge is -2.45. The highest BCUT2D eigenvalue weighted by Gasteiger charge is 2.50. The molecular formula is C48H65N4O16+. The first-order chi connectivity index (χ1) is 32.5. The fourth-order valence-electron chi connectivity index (χ4n) is 8.35. The summed E-state index contributed by atoms with van der Waals surface area (Å²) in [5.41, 5.74) is 3.43. The van der Waals surface area contributed by atoms with Crippen molar-refractivity contribution in [1.82, 2.24) is 15.2 Å². The number of fused-ring (bicyclic) bond motifs is 2. The maximum Gasteiger partial charge on any atom is 0.336 e. The zero-order valence-corrected chi connectivity index (χ0v) is 38.7.